The fourth-order valence-corrected chi connectivity index (χ4v) is 6.30. The summed E-state index contributed by atoms with van der Waals surface area (Å²) in [4.78, 5) is 52.4. The van der Waals surface area contributed by atoms with E-state index in [0.29, 0.717) is 10.7 Å². The number of hydrogen-bond acceptors (Lipinski definition) is 7. The average Bonchev–Trinajstić information content (AvgIpc) is 3.07. The Hall–Kier alpha value is -2.46. The minimum absolute atomic E-state index is 0.111. The normalized spacial score (nSPS) is 23.7. The summed E-state index contributed by atoms with van der Waals surface area (Å²) in [7, 11) is 0. The maximum Gasteiger partial charge on any atom is 0.305 e. The number of aromatic nitrogens is 1. The molecule has 26 heavy (non-hydrogen) atoms. The summed E-state index contributed by atoms with van der Waals surface area (Å²) >= 11 is 2.27. The lowest BCUT2D eigenvalue weighted by Crippen LogP contribution is -2.41. The first kappa shape index (κ1) is 17.0. The first-order valence-electron chi connectivity index (χ1n) is 7.74. The van der Waals surface area contributed by atoms with E-state index in [2.05, 4.69) is 4.98 Å². The molecule has 2 atom stereocenters. The van der Waals surface area contributed by atoms with E-state index in [1.165, 1.54) is 36.0 Å². The van der Waals surface area contributed by atoms with Gasteiger partial charge in [-0.1, -0.05) is 36.9 Å². The molecule has 1 saturated heterocycles. The van der Waals surface area contributed by atoms with Crippen molar-refractivity contribution in [3.63, 3.8) is 0 Å². The number of thiazole rings is 1. The highest BCUT2D eigenvalue weighted by molar-refractivity contribution is 8.00. The zero-order valence-electron chi connectivity index (χ0n) is 13.7. The summed E-state index contributed by atoms with van der Waals surface area (Å²) in [5.74, 6) is -1.32. The van der Waals surface area contributed by atoms with Crippen molar-refractivity contribution in [3.8, 4) is 0 Å². The minimum atomic E-state index is -0.669. The van der Waals surface area contributed by atoms with E-state index in [1.807, 2.05) is 13.8 Å². The standard InChI is InChI=1S/C16H13N3O5S2/c1-16(2)9-10(25-12-11(16)26-15(22)17-12)14(21)18(13(9)20)7-3-5-8(6-4-7)19(23)24/h3-6,9-10H,1-2H3,(H,17,22)/t9-,10-/m0/s1. The molecule has 3 heterocycles. The fraction of sp³-hybridized carbons (Fsp3) is 0.312. The molecule has 0 saturated carbocycles. The maximum atomic E-state index is 13.1. The van der Waals surface area contributed by atoms with Crippen molar-refractivity contribution in [2.45, 2.75) is 29.5 Å². The molecule has 1 N–H and O–H groups in total. The topological polar surface area (TPSA) is 113 Å². The number of non-ortho nitro benzene ring substituents is 1. The molecule has 1 fully saturated rings. The number of fused-ring (bicyclic) bond motifs is 2. The van der Waals surface area contributed by atoms with Crippen molar-refractivity contribution in [1.29, 1.82) is 0 Å². The summed E-state index contributed by atoms with van der Waals surface area (Å²) in [6, 6.07) is 5.34. The first-order valence-corrected chi connectivity index (χ1v) is 9.44. The number of rotatable bonds is 2. The number of benzene rings is 1. The zero-order valence-corrected chi connectivity index (χ0v) is 15.3. The number of amides is 2. The molecule has 0 bridgehead atoms. The Kier molecular flexibility index (Phi) is 3.60. The van der Waals surface area contributed by atoms with Gasteiger partial charge in [0.15, 0.2) is 0 Å². The van der Waals surface area contributed by atoms with E-state index in [0.717, 1.165) is 21.1 Å². The molecule has 134 valence electrons. The average molecular weight is 391 g/mol. The molecular weight excluding hydrogens is 378 g/mol. The Bertz CT molecular complexity index is 1010. The fourth-order valence-electron chi connectivity index (χ4n) is 3.52. The van der Waals surface area contributed by atoms with Crippen LogP contribution in [0.5, 0.6) is 0 Å². The van der Waals surface area contributed by atoms with E-state index in [9.17, 15) is 24.5 Å². The predicted molar refractivity (Wildman–Crippen MR) is 96.7 cm³/mol. The first-order chi connectivity index (χ1) is 12.2. The number of carbonyl (C=O) groups is 2. The number of imide groups is 1. The summed E-state index contributed by atoms with van der Waals surface area (Å²) in [6.45, 7) is 3.72. The van der Waals surface area contributed by atoms with Gasteiger partial charge in [-0.3, -0.25) is 24.5 Å². The molecule has 4 rings (SSSR count). The molecule has 8 nitrogen and oxygen atoms in total. The molecular formula is C16H13N3O5S2. The number of H-pyrrole nitrogens is 1. The number of carbonyl (C=O) groups excluding carboxylic acids is 2. The summed E-state index contributed by atoms with van der Waals surface area (Å²) in [6.07, 6.45) is 0. The highest BCUT2D eigenvalue weighted by Crippen LogP contribution is 2.53. The SMILES string of the molecule is CC1(C)c2sc(=O)[nH]c2S[C@@H]2C(=O)N(c3ccc([N+](=O)[O-])cc3)C(=O)[C@H]21. The monoisotopic (exact) mass is 391 g/mol. The molecule has 1 aromatic heterocycles. The Labute approximate surface area is 155 Å². The van der Waals surface area contributed by atoms with Crippen LogP contribution in [-0.4, -0.2) is 27.0 Å². The summed E-state index contributed by atoms with van der Waals surface area (Å²) in [5.41, 5.74) is -0.467. The number of anilines is 1. The number of nitrogens with one attached hydrogen (secondary N) is 1. The van der Waals surface area contributed by atoms with E-state index in [4.69, 9.17) is 0 Å². The highest BCUT2D eigenvalue weighted by Gasteiger charge is 2.59. The Morgan fingerprint density at radius 1 is 1.15 bits per heavy atom. The molecule has 0 unspecified atom stereocenters. The van der Waals surface area contributed by atoms with Crippen molar-refractivity contribution in [3.05, 3.63) is 48.9 Å². The van der Waals surface area contributed by atoms with E-state index in [1.54, 1.807) is 0 Å². The summed E-state index contributed by atoms with van der Waals surface area (Å²) in [5, 5.41) is 10.8. The largest absolute Gasteiger partial charge is 0.307 e. The second-order valence-corrected chi connectivity index (χ2v) is 8.83. The molecule has 0 radical (unpaired) electrons. The summed E-state index contributed by atoms with van der Waals surface area (Å²) < 4.78 is 0. The van der Waals surface area contributed by atoms with Crippen LogP contribution in [0.1, 0.15) is 18.7 Å². The lowest BCUT2D eigenvalue weighted by molar-refractivity contribution is -0.384. The van der Waals surface area contributed by atoms with Crippen LogP contribution in [-0.2, 0) is 15.0 Å². The third-order valence-electron chi connectivity index (χ3n) is 4.80. The van der Waals surface area contributed by atoms with E-state index in [-0.39, 0.29) is 22.4 Å². The second kappa shape index (κ2) is 5.52. The van der Waals surface area contributed by atoms with Crippen molar-refractivity contribution < 1.29 is 14.5 Å². The number of hydrogen-bond donors (Lipinski definition) is 1. The molecule has 10 heteroatoms. The minimum Gasteiger partial charge on any atom is -0.307 e. The number of nitro groups is 1. The molecule has 2 aliphatic rings. The quantitative estimate of drug-likeness (QED) is 0.477. The van der Waals surface area contributed by atoms with Crippen molar-refractivity contribution in [2.24, 2.45) is 5.92 Å². The van der Waals surface area contributed by atoms with Gasteiger partial charge in [-0.25, -0.2) is 4.90 Å². The van der Waals surface area contributed by atoms with E-state index >= 15 is 0 Å². The maximum absolute atomic E-state index is 13.1. The smallest absolute Gasteiger partial charge is 0.305 e. The lowest BCUT2D eigenvalue weighted by atomic mass is 9.76. The van der Waals surface area contributed by atoms with Crippen LogP contribution < -0.4 is 9.77 Å². The molecule has 2 aromatic rings. The molecule has 1 aromatic carbocycles. The van der Waals surface area contributed by atoms with Gasteiger partial charge < -0.3 is 4.98 Å². The third kappa shape index (κ3) is 2.25. The van der Waals surface area contributed by atoms with Gasteiger partial charge in [0, 0.05) is 22.4 Å². The van der Waals surface area contributed by atoms with Crippen LogP contribution >= 0.6 is 23.1 Å². The van der Waals surface area contributed by atoms with Crippen LogP contribution in [0, 0.1) is 16.0 Å². The number of nitro benzene ring substituents is 1. The van der Waals surface area contributed by atoms with Gasteiger partial charge in [0.25, 0.3) is 5.69 Å². The zero-order chi connectivity index (χ0) is 18.8. The Morgan fingerprint density at radius 3 is 2.42 bits per heavy atom. The van der Waals surface area contributed by atoms with Crippen LogP contribution in [0.25, 0.3) is 0 Å². The number of nitrogens with zero attached hydrogens (tertiary/aromatic N) is 2. The second-order valence-electron chi connectivity index (χ2n) is 6.70. The van der Waals surface area contributed by atoms with Gasteiger partial charge in [-0.05, 0) is 12.1 Å². The number of thioether (sulfide) groups is 1. The van der Waals surface area contributed by atoms with Gasteiger partial charge >= 0.3 is 4.87 Å². The van der Waals surface area contributed by atoms with Gasteiger partial charge in [-0.2, -0.15) is 0 Å². The van der Waals surface area contributed by atoms with Gasteiger partial charge in [0.1, 0.15) is 5.25 Å². The molecule has 2 amide bonds. The van der Waals surface area contributed by atoms with Crippen LogP contribution in [0.3, 0.4) is 0 Å². The van der Waals surface area contributed by atoms with Crippen LogP contribution in [0.4, 0.5) is 11.4 Å². The highest BCUT2D eigenvalue weighted by atomic mass is 32.2. The molecule has 2 aliphatic heterocycles. The molecule has 0 spiro atoms. The van der Waals surface area contributed by atoms with Crippen LogP contribution in [0.2, 0.25) is 0 Å². The Balaban J connectivity index is 1.76. The number of aromatic amines is 1. The van der Waals surface area contributed by atoms with Crippen LogP contribution in [0.15, 0.2) is 34.1 Å². The van der Waals surface area contributed by atoms with Crippen molar-refractivity contribution in [1.82, 2.24) is 4.98 Å². The third-order valence-corrected chi connectivity index (χ3v) is 7.42. The van der Waals surface area contributed by atoms with Gasteiger partial charge in [0.2, 0.25) is 11.8 Å². The van der Waals surface area contributed by atoms with Crippen molar-refractivity contribution in [2.75, 3.05) is 4.90 Å². The van der Waals surface area contributed by atoms with Crippen molar-refractivity contribution >= 4 is 46.3 Å². The molecule has 0 aliphatic carbocycles. The van der Waals surface area contributed by atoms with Gasteiger partial charge in [0.05, 0.1) is 21.6 Å². The Morgan fingerprint density at radius 2 is 1.81 bits per heavy atom. The van der Waals surface area contributed by atoms with Gasteiger partial charge in [-0.15, -0.1) is 0 Å². The lowest BCUT2D eigenvalue weighted by Gasteiger charge is -2.36. The predicted octanol–water partition coefficient (Wildman–Crippen LogP) is 2.29. The van der Waals surface area contributed by atoms with E-state index < -0.39 is 21.5 Å².